The zero-order chi connectivity index (χ0) is 16.8. The van der Waals surface area contributed by atoms with Gasteiger partial charge in [0, 0.05) is 6.54 Å². The molecule has 3 rings (SSSR count). The summed E-state index contributed by atoms with van der Waals surface area (Å²) in [6.45, 7) is 1.79. The molecule has 0 radical (unpaired) electrons. The lowest BCUT2D eigenvalue weighted by Crippen LogP contribution is -2.28. The Bertz CT molecular complexity index is 654. The topological polar surface area (TPSA) is 68.7 Å². The summed E-state index contributed by atoms with van der Waals surface area (Å²) in [6.07, 6.45) is 6.55. The Morgan fingerprint density at radius 3 is 2.96 bits per heavy atom. The van der Waals surface area contributed by atoms with Crippen molar-refractivity contribution in [1.29, 1.82) is 0 Å². The van der Waals surface area contributed by atoms with Crippen molar-refractivity contribution >= 4 is 5.91 Å². The molecule has 1 amide bonds. The predicted molar refractivity (Wildman–Crippen MR) is 91.5 cm³/mol. The second kappa shape index (κ2) is 8.02. The first-order valence-corrected chi connectivity index (χ1v) is 8.50. The number of benzene rings is 1. The van der Waals surface area contributed by atoms with E-state index in [9.17, 15) is 4.79 Å². The van der Waals surface area contributed by atoms with Gasteiger partial charge in [-0.2, -0.15) is 0 Å². The van der Waals surface area contributed by atoms with Crippen LogP contribution < -0.4 is 10.5 Å². The number of hydrogen-bond acceptors (Lipinski definition) is 4. The fourth-order valence-corrected chi connectivity index (χ4v) is 3.28. The third-order valence-electron chi connectivity index (χ3n) is 4.40. The molecule has 1 saturated heterocycles. The quantitative estimate of drug-likeness (QED) is 0.883. The van der Waals surface area contributed by atoms with E-state index in [0.29, 0.717) is 11.8 Å². The van der Waals surface area contributed by atoms with Crippen LogP contribution in [0.25, 0.3) is 0 Å². The van der Waals surface area contributed by atoms with Crippen LogP contribution in [0, 0.1) is 0 Å². The maximum atomic E-state index is 10.9. The van der Waals surface area contributed by atoms with E-state index in [0.717, 1.165) is 30.8 Å². The van der Waals surface area contributed by atoms with Crippen molar-refractivity contribution in [3.05, 3.63) is 54.0 Å². The first-order chi connectivity index (χ1) is 11.7. The summed E-state index contributed by atoms with van der Waals surface area (Å²) in [5, 5.41) is 0. The molecular weight excluding hydrogens is 304 g/mol. The monoisotopic (exact) mass is 328 g/mol. The summed E-state index contributed by atoms with van der Waals surface area (Å²) in [7, 11) is 0. The second-order valence-electron chi connectivity index (χ2n) is 6.25. The number of carbonyl (C=O) groups is 1. The minimum atomic E-state index is -0.467. The van der Waals surface area contributed by atoms with E-state index in [1.165, 1.54) is 19.3 Å². The number of nitrogens with zero attached hydrogens (tertiary/aromatic N) is 1. The molecule has 1 aromatic heterocycles. The first kappa shape index (κ1) is 16.6. The summed E-state index contributed by atoms with van der Waals surface area (Å²) in [4.78, 5) is 13.3. The molecule has 2 heterocycles. The Hall–Kier alpha value is -2.27. The highest BCUT2D eigenvalue weighted by Crippen LogP contribution is 2.32. The van der Waals surface area contributed by atoms with E-state index in [1.54, 1.807) is 6.26 Å². The Kier molecular flexibility index (Phi) is 5.54. The van der Waals surface area contributed by atoms with E-state index in [1.807, 2.05) is 24.3 Å². The van der Waals surface area contributed by atoms with Gasteiger partial charge in [0.15, 0.2) is 6.61 Å². The Morgan fingerprint density at radius 1 is 1.25 bits per heavy atom. The lowest BCUT2D eigenvalue weighted by atomic mass is 10.1. The smallest absolute Gasteiger partial charge is 0.255 e. The molecule has 1 fully saturated rings. The molecule has 0 saturated carbocycles. The lowest BCUT2D eigenvalue weighted by molar-refractivity contribution is -0.119. The normalized spacial score (nSPS) is 18.9. The maximum Gasteiger partial charge on any atom is 0.255 e. The molecule has 1 aliphatic heterocycles. The Balaban J connectivity index is 1.72. The Morgan fingerprint density at radius 2 is 2.17 bits per heavy atom. The van der Waals surface area contributed by atoms with Crippen molar-refractivity contribution in [2.75, 3.05) is 13.2 Å². The number of rotatable bonds is 6. The van der Waals surface area contributed by atoms with E-state index < -0.39 is 5.91 Å². The molecule has 1 aromatic carbocycles. The first-order valence-electron chi connectivity index (χ1n) is 8.50. The number of likely N-dealkylation sites (tertiary alicyclic amines) is 1. The molecule has 5 heteroatoms. The molecule has 2 aromatic rings. The van der Waals surface area contributed by atoms with Crippen LogP contribution >= 0.6 is 0 Å². The Labute approximate surface area is 142 Å². The van der Waals surface area contributed by atoms with Crippen molar-refractivity contribution < 1.29 is 13.9 Å². The van der Waals surface area contributed by atoms with E-state index in [4.69, 9.17) is 14.9 Å². The van der Waals surface area contributed by atoms with Crippen molar-refractivity contribution in [2.45, 2.75) is 38.3 Å². The molecule has 0 aliphatic carbocycles. The van der Waals surface area contributed by atoms with Crippen LogP contribution in [0.1, 0.15) is 43.0 Å². The standard InChI is InChI=1S/C19H24N2O3/c20-19(22)14-24-16-7-4-6-15(12-16)13-21-10-3-1-2-8-17(21)18-9-5-11-23-18/h4-7,9,11-12,17H,1-3,8,10,13-14H2,(H2,20,22)/t17-/m0/s1. The number of carbonyl (C=O) groups excluding carboxylic acids is 1. The fraction of sp³-hybridized carbons (Fsp3) is 0.421. The zero-order valence-corrected chi connectivity index (χ0v) is 13.8. The summed E-state index contributed by atoms with van der Waals surface area (Å²) in [5.41, 5.74) is 6.30. The highest BCUT2D eigenvalue weighted by molar-refractivity contribution is 5.75. The number of ether oxygens (including phenoxy) is 1. The maximum absolute atomic E-state index is 10.9. The molecule has 5 nitrogen and oxygen atoms in total. The summed E-state index contributed by atoms with van der Waals surface area (Å²) < 4.78 is 11.1. The fourth-order valence-electron chi connectivity index (χ4n) is 3.28. The summed E-state index contributed by atoms with van der Waals surface area (Å²) in [5.74, 6) is 1.25. The van der Waals surface area contributed by atoms with Gasteiger partial charge in [-0.1, -0.05) is 25.0 Å². The van der Waals surface area contributed by atoms with Crippen LogP contribution in [-0.2, 0) is 11.3 Å². The van der Waals surface area contributed by atoms with E-state index in [-0.39, 0.29) is 6.61 Å². The second-order valence-corrected chi connectivity index (χ2v) is 6.25. The van der Waals surface area contributed by atoms with Gasteiger partial charge in [-0.05, 0) is 49.2 Å². The van der Waals surface area contributed by atoms with Crippen LogP contribution in [-0.4, -0.2) is 24.0 Å². The van der Waals surface area contributed by atoms with Gasteiger partial charge in [-0.25, -0.2) is 0 Å². The molecule has 0 unspecified atom stereocenters. The SMILES string of the molecule is NC(=O)COc1cccc(CN2CCCCC[C@H]2c2ccco2)c1. The van der Waals surface area contributed by atoms with Crippen LogP contribution in [0.4, 0.5) is 0 Å². The molecule has 24 heavy (non-hydrogen) atoms. The molecule has 0 bridgehead atoms. The number of hydrogen-bond donors (Lipinski definition) is 1. The number of amides is 1. The molecule has 128 valence electrons. The van der Waals surface area contributed by atoms with Gasteiger partial charge in [-0.15, -0.1) is 0 Å². The molecule has 1 atom stereocenters. The van der Waals surface area contributed by atoms with Crippen molar-refractivity contribution in [2.24, 2.45) is 5.73 Å². The van der Waals surface area contributed by atoms with E-state index in [2.05, 4.69) is 17.0 Å². The van der Waals surface area contributed by atoms with Gasteiger partial charge in [0.2, 0.25) is 0 Å². The van der Waals surface area contributed by atoms with Crippen LogP contribution in [0.5, 0.6) is 5.75 Å². The minimum Gasteiger partial charge on any atom is -0.484 e. The third kappa shape index (κ3) is 4.38. The highest BCUT2D eigenvalue weighted by atomic mass is 16.5. The average molecular weight is 328 g/mol. The summed E-state index contributed by atoms with van der Waals surface area (Å²) >= 11 is 0. The minimum absolute atomic E-state index is 0.0951. The number of nitrogens with two attached hydrogens (primary N) is 1. The predicted octanol–water partition coefficient (Wildman–Crippen LogP) is 3.26. The zero-order valence-electron chi connectivity index (χ0n) is 13.8. The molecule has 0 spiro atoms. The van der Waals surface area contributed by atoms with Crippen LogP contribution in [0.15, 0.2) is 47.1 Å². The summed E-state index contributed by atoms with van der Waals surface area (Å²) in [6, 6.07) is 12.2. The largest absolute Gasteiger partial charge is 0.484 e. The van der Waals surface area contributed by atoms with Crippen LogP contribution in [0.3, 0.4) is 0 Å². The number of furan rings is 1. The van der Waals surface area contributed by atoms with Crippen LogP contribution in [0.2, 0.25) is 0 Å². The van der Waals surface area contributed by atoms with Crippen molar-refractivity contribution in [3.8, 4) is 5.75 Å². The van der Waals surface area contributed by atoms with Gasteiger partial charge in [-0.3, -0.25) is 9.69 Å². The number of primary amides is 1. The third-order valence-corrected chi connectivity index (χ3v) is 4.40. The van der Waals surface area contributed by atoms with E-state index >= 15 is 0 Å². The highest BCUT2D eigenvalue weighted by Gasteiger charge is 2.24. The molecule has 1 aliphatic rings. The average Bonchev–Trinajstić information content (AvgIpc) is 3.01. The molecule has 2 N–H and O–H groups in total. The van der Waals surface area contributed by atoms with Crippen molar-refractivity contribution in [1.82, 2.24) is 4.90 Å². The molecular formula is C19H24N2O3. The van der Waals surface area contributed by atoms with Gasteiger partial charge in [0.25, 0.3) is 5.91 Å². The van der Waals surface area contributed by atoms with Gasteiger partial charge < -0.3 is 14.9 Å². The van der Waals surface area contributed by atoms with Crippen molar-refractivity contribution in [3.63, 3.8) is 0 Å². The van der Waals surface area contributed by atoms with Gasteiger partial charge in [0.05, 0.1) is 12.3 Å². The van der Waals surface area contributed by atoms with Gasteiger partial charge in [0.1, 0.15) is 11.5 Å². The lowest BCUT2D eigenvalue weighted by Gasteiger charge is -2.28. The van der Waals surface area contributed by atoms with Gasteiger partial charge >= 0.3 is 0 Å².